The van der Waals surface area contributed by atoms with Crippen LogP contribution in [0.1, 0.15) is 68.3 Å². The van der Waals surface area contributed by atoms with Gasteiger partial charge in [0.25, 0.3) is 5.56 Å². The van der Waals surface area contributed by atoms with Crippen molar-refractivity contribution in [2.45, 2.75) is 66.0 Å². The Morgan fingerprint density at radius 2 is 1.86 bits per heavy atom. The van der Waals surface area contributed by atoms with Crippen LogP contribution >= 0.6 is 11.3 Å². The van der Waals surface area contributed by atoms with Gasteiger partial charge >= 0.3 is 0 Å². The molecule has 6 heteroatoms. The van der Waals surface area contributed by atoms with Crippen molar-refractivity contribution in [1.82, 2.24) is 19.5 Å². The summed E-state index contributed by atoms with van der Waals surface area (Å²) in [6.07, 6.45) is 2.96. The molecule has 5 nitrogen and oxygen atoms in total. The Kier molecular flexibility index (Phi) is 6.97. The van der Waals surface area contributed by atoms with Crippen molar-refractivity contribution in [3.8, 4) is 0 Å². The van der Waals surface area contributed by atoms with Crippen molar-refractivity contribution in [2.75, 3.05) is 6.54 Å². The molecule has 3 rings (SSSR count). The van der Waals surface area contributed by atoms with Crippen LogP contribution in [0.3, 0.4) is 0 Å². The fourth-order valence-electron chi connectivity index (χ4n) is 3.32. The van der Waals surface area contributed by atoms with Crippen LogP contribution in [0.5, 0.6) is 0 Å². The van der Waals surface area contributed by atoms with Gasteiger partial charge in [-0.1, -0.05) is 63.3 Å². The smallest absolute Gasteiger partial charge is 0.275 e. The Hall–Kier alpha value is -2.05. The number of nitrogens with zero attached hydrogens (tertiary/aromatic N) is 4. The first kappa shape index (κ1) is 20.7. The van der Waals surface area contributed by atoms with Crippen LogP contribution in [-0.4, -0.2) is 26.0 Å². The molecular weight excluding hydrogens is 368 g/mol. The SMILES string of the molecule is CCCc1nn2c(=O)cc(CN(CCC)Cc3ccc(C(C)C)cc3)nc2s1. The van der Waals surface area contributed by atoms with E-state index in [1.54, 1.807) is 6.07 Å². The predicted octanol–water partition coefficient (Wildman–Crippen LogP) is 4.64. The van der Waals surface area contributed by atoms with E-state index >= 15 is 0 Å². The van der Waals surface area contributed by atoms with Gasteiger partial charge in [-0.05, 0) is 36.4 Å². The zero-order valence-corrected chi connectivity index (χ0v) is 18.1. The number of aryl methyl sites for hydroxylation is 1. The van der Waals surface area contributed by atoms with E-state index in [1.807, 2.05) is 0 Å². The van der Waals surface area contributed by atoms with Crippen LogP contribution in [0.25, 0.3) is 4.96 Å². The maximum Gasteiger partial charge on any atom is 0.275 e. The molecule has 2 heterocycles. The number of fused-ring (bicyclic) bond motifs is 1. The van der Waals surface area contributed by atoms with E-state index in [-0.39, 0.29) is 5.56 Å². The highest BCUT2D eigenvalue weighted by atomic mass is 32.1. The van der Waals surface area contributed by atoms with Gasteiger partial charge in [-0.3, -0.25) is 9.69 Å². The van der Waals surface area contributed by atoms with Crippen molar-refractivity contribution in [2.24, 2.45) is 0 Å². The fourth-order valence-corrected chi connectivity index (χ4v) is 4.34. The highest BCUT2D eigenvalue weighted by molar-refractivity contribution is 7.16. The molecule has 0 aliphatic carbocycles. The monoisotopic (exact) mass is 398 g/mol. The quantitative estimate of drug-likeness (QED) is 0.527. The van der Waals surface area contributed by atoms with E-state index in [1.165, 1.54) is 27.0 Å². The first-order valence-electron chi connectivity index (χ1n) is 10.2. The van der Waals surface area contributed by atoms with Gasteiger partial charge in [0.05, 0.1) is 5.69 Å². The average molecular weight is 399 g/mol. The van der Waals surface area contributed by atoms with Crippen LogP contribution < -0.4 is 5.56 Å². The summed E-state index contributed by atoms with van der Waals surface area (Å²) < 4.78 is 1.44. The van der Waals surface area contributed by atoms with Crippen LogP contribution in [0.15, 0.2) is 35.1 Å². The van der Waals surface area contributed by atoms with Gasteiger partial charge < -0.3 is 0 Å². The summed E-state index contributed by atoms with van der Waals surface area (Å²) >= 11 is 1.52. The Balaban J connectivity index is 1.78. The molecule has 0 saturated heterocycles. The van der Waals surface area contributed by atoms with E-state index in [0.717, 1.165) is 43.1 Å². The average Bonchev–Trinajstić information content (AvgIpc) is 3.06. The molecule has 0 atom stereocenters. The molecule has 0 N–H and O–H groups in total. The highest BCUT2D eigenvalue weighted by Gasteiger charge is 2.12. The molecule has 0 bridgehead atoms. The molecule has 0 unspecified atom stereocenters. The van der Waals surface area contributed by atoms with Crippen molar-refractivity contribution < 1.29 is 0 Å². The van der Waals surface area contributed by atoms with Crippen LogP contribution in [0.2, 0.25) is 0 Å². The molecule has 0 amide bonds. The molecule has 0 aliphatic heterocycles. The predicted molar refractivity (Wildman–Crippen MR) is 116 cm³/mol. The van der Waals surface area contributed by atoms with Crippen LogP contribution in [0, 0.1) is 0 Å². The first-order valence-corrected chi connectivity index (χ1v) is 11.0. The minimum atomic E-state index is -0.0867. The molecule has 0 fully saturated rings. The maximum absolute atomic E-state index is 12.5. The molecular formula is C22H30N4OS. The number of hydrogen-bond donors (Lipinski definition) is 0. The minimum absolute atomic E-state index is 0.0867. The fraction of sp³-hybridized carbons (Fsp3) is 0.500. The van der Waals surface area contributed by atoms with Crippen LogP contribution in [-0.2, 0) is 19.5 Å². The normalized spacial score (nSPS) is 11.8. The van der Waals surface area contributed by atoms with E-state index in [2.05, 4.69) is 62.0 Å². The summed E-state index contributed by atoms with van der Waals surface area (Å²) in [5, 5.41) is 5.37. The first-order chi connectivity index (χ1) is 13.5. The molecule has 28 heavy (non-hydrogen) atoms. The molecule has 3 aromatic rings. The second-order valence-electron chi connectivity index (χ2n) is 7.63. The summed E-state index contributed by atoms with van der Waals surface area (Å²) in [7, 11) is 0. The molecule has 0 spiro atoms. The van der Waals surface area contributed by atoms with Crippen molar-refractivity contribution in [1.29, 1.82) is 0 Å². The van der Waals surface area contributed by atoms with Gasteiger partial charge in [-0.15, -0.1) is 0 Å². The Labute approximate surface area is 171 Å². The van der Waals surface area contributed by atoms with Gasteiger partial charge in [-0.2, -0.15) is 9.61 Å². The Morgan fingerprint density at radius 3 is 2.50 bits per heavy atom. The number of benzene rings is 1. The lowest BCUT2D eigenvalue weighted by atomic mass is 10.0. The minimum Gasteiger partial charge on any atom is -0.293 e. The summed E-state index contributed by atoms with van der Waals surface area (Å²) in [6.45, 7) is 11.2. The molecule has 0 saturated carbocycles. The van der Waals surface area contributed by atoms with Crippen LogP contribution in [0.4, 0.5) is 0 Å². The Bertz CT molecular complexity index is 959. The lowest BCUT2D eigenvalue weighted by molar-refractivity contribution is 0.254. The van der Waals surface area contributed by atoms with E-state index in [4.69, 9.17) is 4.98 Å². The molecule has 0 aliphatic rings. The molecule has 2 aromatic heterocycles. The number of rotatable bonds is 9. The zero-order chi connectivity index (χ0) is 20.1. The molecule has 150 valence electrons. The van der Waals surface area contributed by atoms with Crippen molar-refractivity contribution >= 4 is 16.3 Å². The van der Waals surface area contributed by atoms with E-state index < -0.39 is 0 Å². The van der Waals surface area contributed by atoms with Gasteiger partial charge in [0.2, 0.25) is 4.96 Å². The van der Waals surface area contributed by atoms with Crippen molar-refractivity contribution in [3.63, 3.8) is 0 Å². The van der Waals surface area contributed by atoms with Gasteiger partial charge in [0.1, 0.15) is 5.01 Å². The Morgan fingerprint density at radius 1 is 1.11 bits per heavy atom. The third-order valence-electron chi connectivity index (χ3n) is 4.78. The second kappa shape index (κ2) is 9.43. The van der Waals surface area contributed by atoms with E-state index in [0.29, 0.717) is 17.4 Å². The second-order valence-corrected chi connectivity index (χ2v) is 8.67. The van der Waals surface area contributed by atoms with Gasteiger partial charge in [-0.25, -0.2) is 4.98 Å². The largest absolute Gasteiger partial charge is 0.293 e. The zero-order valence-electron chi connectivity index (χ0n) is 17.3. The summed E-state index contributed by atoms with van der Waals surface area (Å²) in [5.41, 5.74) is 3.39. The van der Waals surface area contributed by atoms with Gasteiger partial charge in [0.15, 0.2) is 0 Å². The lowest BCUT2D eigenvalue weighted by Gasteiger charge is -2.21. The third-order valence-corrected chi connectivity index (χ3v) is 5.75. The standard InChI is InChI=1S/C22H30N4OS/c1-5-7-20-24-26-21(27)13-19(23-22(26)28-20)15-25(12-6-2)14-17-8-10-18(11-9-17)16(3)4/h8-11,13,16H,5-7,12,14-15H2,1-4H3. The number of hydrogen-bond acceptors (Lipinski definition) is 5. The third kappa shape index (κ3) is 5.06. The summed E-state index contributed by atoms with van der Waals surface area (Å²) in [4.78, 5) is 20.2. The topological polar surface area (TPSA) is 50.5 Å². The van der Waals surface area contributed by atoms with Crippen molar-refractivity contribution in [3.05, 3.63) is 62.5 Å². The highest BCUT2D eigenvalue weighted by Crippen LogP contribution is 2.17. The molecule has 1 aromatic carbocycles. The maximum atomic E-state index is 12.5. The summed E-state index contributed by atoms with van der Waals surface area (Å²) in [5.74, 6) is 0.543. The molecule has 0 radical (unpaired) electrons. The lowest BCUT2D eigenvalue weighted by Crippen LogP contribution is -2.26. The van der Waals surface area contributed by atoms with Gasteiger partial charge in [0, 0.05) is 25.6 Å². The summed E-state index contributed by atoms with van der Waals surface area (Å²) in [6, 6.07) is 10.5. The number of aromatic nitrogens is 3. The van der Waals surface area contributed by atoms with E-state index in [9.17, 15) is 4.79 Å².